The topological polar surface area (TPSA) is 78.3 Å². The van der Waals surface area contributed by atoms with Crippen LogP contribution in [0.15, 0.2) is 24.3 Å². The van der Waals surface area contributed by atoms with E-state index in [2.05, 4.69) is 4.74 Å². The van der Waals surface area contributed by atoms with E-state index in [1.807, 2.05) is 0 Å². The van der Waals surface area contributed by atoms with Crippen molar-refractivity contribution in [2.24, 2.45) is 11.5 Å². The molecule has 1 aromatic rings. The van der Waals surface area contributed by atoms with Gasteiger partial charge < -0.3 is 16.2 Å². The van der Waals surface area contributed by atoms with Gasteiger partial charge in [0.1, 0.15) is 11.8 Å². The maximum atomic E-state index is 11.8. The number of nitrogens with two attached hydrogens (primary N) is 2. The minimum atomic E-state index is -2.87. The molecule has 6 heteroatoms. The minimum absolute atomic E-state index is 0.00502. The van der Waals surface area contributed by atoms with E-state index in [9.17, 15) is 13.6 Å². The Kier molecular flexibility index (Phi) is 3.56. The molecule has 0 aliphatic rings. The SMILES string of the molecule is NC(=O)C(N)c1ccc(OC(F)F)cc1. The van der Waals surface area contributed by atoms with Crippen molar-refractivity contribution in [2.75, 3.05) is 0 Å². The number of hydrogen-bond acceptors (Lipinski definition) is 3. The average molecular weight is 216 g/mol. The number of halogens is 2. The van der Waals surface area contributed by atoms with Gasteiger partial charge in [0, 0.05) is 0 Å². The summed E-state index contributed by atoms with van der Waals surface area (Å²) in [5.41, 5.74) is 10.8. The first-order valence-electron chi connectivity index (χ1n) is 4.10. The summed E-state index contributed by atoms with van der Waals surface area (Å²) in [5, 5.41) is 0. The molecule has 0 bridgehead atoms. The molecule has 1 aromatic carbocycles. The van der Waals surface area contributed by atoms with Crippen LogP contribution in [0.3, 0.4) is 0 Å². The van der Waals surface area contributed by atoms with Gasteiger partial charge in [0.15, 0.2) is 0 Å². The van der Waals surface area contributed by atoms with Gasteiger partial charge in [0.05, 0.1) is 0 Å². The summed E-state index contributed by atoms with van der Waals surface area (Å²) >= 11 is 0. The quantitative estimate of drug-likeness (QED) is 0.780. The predicted octanol–water partition coefficient (Wildman–Crippen LogP) is 0.773. The highest BCUT2D eigenvalue weighted by atomic mass is 19.3. The van der Waals surface area contributed by atoms with Gasteiger partial charge >= 0.3 is 6.61 Å². The molecule has 0 spiro atoms. The molecule has 0 heterocycles. The summed E-state index contributed by atoms with van der Waals surface area (Å²) in [6.07, 6.45) is 0. The number of amides is 1. The van der Waals surface area contributed by atoms with Crippen LogP contribution < -0.4 is 16.2 Å². The minimum Gasteiger partial charge on any atom is -0.435 e. The molecule has 0 radical (unpaired) electrons. The van der Waals surface area contributed by atoms with Crippen LogP contribution in [-0.4, -0.2) is 12.5 Å². The van der Waals surface area contributed by atoms with Crippen LogP contribution in [0.4, 0.5) is 8.78 Å². The molecule has 0 saturated heterocycles. The largest absolute Gasteiger partial charge is 0.435 e. The summed E-state index contributed by atoms with van der Waals surface area (Å²) in [6, 6.07) is 4.47. The Morgan fingerprint density at radius 3 is 2.20 bits per heavy atom. The third-order valence-electron chi connectivity index (χ3n) is 1.77. The molecule has 1 rings (SSSR count). The third-order valence-corrected chi connectivity index (χ3v) is 1.77. The van der Waals surface area contributed by atoms with E-state index in [0.29, 0.717) is 5.56 Å². The number of benzene rings is 1. The van der Waals surface area contributed by atoms with E-state index in [1.165, 1.54) is 24.3 Å². The molecule has 0 aromatic heterocycles. The Morgan fingerprint density at radius 2 is 1.80 bits per heavy atom. The average Bonchev–Trinajstić information content (AvgIpc) is 2.17. The smallest absolute Gasteiger partial charge is 0.387 e. The van der Waals surface area contributed by atoms with Crippen molar-refractivity contribution in [1.29, 1.82) is 0 Å². The molecule has 1 amide bonds. The Hall–Kier alpha value is -1.69. The van der Waals surface area contributed by atoms with Gasteiger partial charge in [-0.3, -0.25) is 4.79 Å². The number of alkyl halides is 2. The van der Waals surface area contributed by atoms with Crippen molar-refractivity contribution in [1.82, 2.24) is 0 Å². The Morgan fingerprint density at radius 1 is 1.27 bits per heavy atom. The van der Waals surface area contributed by atoms with Crippen molar-refractivity contribution in [2.45, 2.75) is 12.7 Å². The number of hydrogen-bond donors (Lipinski definition) is 2. The number of carbonyl (C=O) groups excluding carboxylic acids is 1. The molecular formula is C9H10F2N2O2. The molecule has 0 saturated carbocycles. The predicted molar refractivity (Wildman–Crippen MR) is 49.2 cm³/mol. The lowest BCUT2D eigenvalue weighted by Crippen LogP contribution is -2.28. The van der Waals surface area contributed by atoms with Gasteiger partial charge in [-0.2, -0.15) is 8.78 Å². The second-order valence-corrected chi connectivity index (χ2v) is 2.83. The van der Waals surface area contributed by atoms with Gasteiger partial charge in [0.2, 0.25) is 5.91 Å². The highest BCUT2D eigenvalue weighted by molar-refractivity contribution is 5.81. The lowest BCUT2D eigenvalue weighted by molar-refractivity contribution is -0.119. The molecule has 4 nitrogen and oxygen atoms in total. The molecule has 0 aliphatic carbocycles. The zero-order chi connectivity index (χ0) is 11.4. The zero-order valence-corrected chi connectivity index (χ0v) is 7.69. The van der Waals surface area contributed by atoms with Gasteiger partial charge in [-0.1, -0.05) is 12.1 Å². The lowest BCUT2D eigenvalue weighted by atomic mass is 10.1. The fourth-order valence-corrected chi connectivity index (χ4v) is 1.02. The monoisotopic (exact) mass is 216 g/mol. The van der Waals surface area contributed by atoms with E-state index in [1.54, 1.807) is 0 Å². The number of rotatable bonds is 4. The molecule has 1 unspecified atom stereocenters. The standard InChI is InChI=1S/C9H10F2N2O2/c10-9(11)15-6-3-1-5(2-4-6)7(12)8(13)14/h1-4,7,9H,12H2,(H2,13,14). The molecule has 82 valence electrons. The first-order valence-corrected chi connectivity index (χ1v) is 4.10. The molecular weight excluding hydrogens is 206 g/mol. The zero-order valence-electron chi connectivity index (χ0n) is 7.69. The number of carbonyl (C=O) groups is 1. The lowest BCUT2D eigenvalue weighted by Gasteiger charge is -2.09. The number of ether oxygens (including phenoxy) is 1. The van der Waals surface area contributed by atoms with Gasteiger partial charge in [-0.15, -0.1) is 0 Å². The summed E-state index contributed by atoms with van der Waals surface area (Å²) < 4.78 is 27.7. The highest BCUT2D eigenvalue weighted by Gasteiger charge is 2.12. The van der Waals surface area contributed by atoms with Crippen molar-refractivity contribution < 1.29 is 18.3 Å². The summed E-state index contributed by atoms with van der Waals surface area (Å²) in [4.78, 5) is 10.7. The highest BCUT2D eigenvalue weighted by Crippen LogP contribution is 2.17. The third kappa shape index (κ3) is 3.17. The maximum absolute atomic E-state index is 11.8. The Labute approximate surface area is 84.8 Å². The second kappa shape index (κ2) is 4.70. The van der Waals surface area contributed by atoms with Gasteiger partial charge in [-0.05, 0) is 17.7 Å². The van der Waals surface area contributed by atoms with E-state index < -0.39 is 18.6 Å². The molecule has 0 fully saturated rings. The Bertz CT molecular complexity index is 340. The van der Waals surface area contributed by atoms with E-state index in [-0.39, 0.29) is 5.75 Å². The Balaban J connectivity index is 2.76. The van der Waals surface area contributed by atoms with Crippen LogP contribution >= 0.6 is 0 Å². The van der Waals surface area contributed by atoms with Crippen molar-refractivity contribution in [3.8, 4) is 5.75 Å². The maximum Gasteiger partial charge on any atom is 0.387 e. The van der Waals surface area contributed by atoms with Crippen LogP contribution in [0.25, 0.3) is 0 Å². The van der Waals surface area contributed by atoms with Crippen LogP contribution in [-0.2, 0) is 4.79 Å². The van der Waals surface area contributed by atoms with Crippen LogP contribution in [0.1, 0.15) is 11.6 Å². The van der Waals surface area contributed by atoms with Crippen LogP contribution in [0, 0.1) is 0 Å². The first kappa shape index (κ1) is 11.4. The van der Waals surface area contributed by atoms with Crippen molar-refractivity contribution in [3.05, 3.63) is 29.8 Å². The van der Waals surface area contributed by atoms with Crippen molar-refractivity contribution >= 4 is 5.91 Å². The normalized spacial score (nSPS) is 12.5. The van der Waals surface area contributed by atoms with Gasteiger partial charge in [0.25, 0.3) is 0 Å². The summed E-state index contributed by atoms with van der Waals surface area (Å²) in [6.45, 7) is -2.87. The van der Waals surface area contributed by atoms with Crippen LogP contribution in [0.5, 0.6) is 5.75 Å². The fraction of sp³-hybridized carbons (Fsp3) is 0.222. The molecule has 1 atom stereocenters. The second-order valence-electron chi connectivity index (χ2n) is 2.83. The fourth-order valence-electron chi connectivity index (χ4n) is 1.02. The summed E-state index contributed by atoms with van der Waals surface area (Å²) in [5.74, 6) is -0.678. The van der Waals surface area contributed by atoms with E-state index in [4.69, 9.17) is 11.5 Å². The van der Waals surface area contributed by atoms with Gasteiger partial charge in [-0.25, -0.2) is 0 Å². The summed E-state index contributed by atoms with van der Waals surface area (Å²) in [7, 11) is 0. The van der Waals surface area contributed by atoms with Crippen molar-refractivity contribution in [3.63, 3.8) is 0 Å². The molecule has 4 N–H and O–H groups in total. The molecule has 0 aliphatic heterocycles. The molecule has 15 heavy (non-hydrogen) atoms. The first-order chi connectivity index (χ1) is 7.00. The number of primary amides is 1. The van der Waals surface area contributed by atoms with E-state index in [0.717, 1.165) is 0 Å². The van der Waals surface area contributed by atoms with Crippen LogP contribution in [0.2, 0.25) is 0 Å². The van der Waals surface area contributed by atoms with E-state index >= 15 is 0 Å².